The van der Waals surface area contributed by atoms with E-state index < -0.39 is 0 Å². The fraction of sp³-hybridized carbons (Fsp3) is 0.750. The van der Waals surface area contributed by atoms with Crippen LogP contribution >= 0.6 is 12.4 Å². The summed E-state index contributed by atoms with van der Waals surface area (Å²) in [6.07, 6.45) is 3.00. The van der Waals surface area contributed by atoms with Gasteiger partial charge in [-0.1, -0.05) is 0 Å². The number of nitrogens with one attached hydrogen (secondary N) is 1. The number of hydrogen-bond acceptors (Lipinski definition) is 4. The first-order valence-electron chi connectivity index (χ1n) is 6.43. The van der Waals surface area contributed by atoms with E-state index in [1.54, 1.807) is 0 Å². The Labute approximate surface area is 118 Å². The molecule has 1 aliphatic carbocycles. The van der Waals surface area contributed by atoms with Crippen molar-refractivity contribution in [2.45, 2.75) is 38.1 Å². The van der Waals surface area contributed by atoms with Crippen molar-refractivity contribution >= 4 is 30.1 Å². The summed E-state index contributed by atoms with van der Waals surface area (Å²) in [5.74, 6) is 0.0376. The first-order chi connectivity index (χ1) is 8.58. The second-order valence-corrected chi connectivity index (χ2v) is 4.99. The molecule has 2 fully saturated rings. The predicted molar refractivity (Wildman–Crippen MR) is 71.5 cm³/mol. The second-order valence-electron chi connectivity index (χ2n) is 4.99. The Hall–Kier alpha value is -1.14. The van der Waals surface area contributed by atoms with E-state index in [1.807, 2.05) is 0 Å². The topological polar surface area (TPSA) is 92.5 Å². The molecule has 108 valence electrons. The van der Waals surface area contributed by atoms with E-state index in [4.69, 9.17) is 5.73 Å². The van der Waals surface area contributed by atoms with Crippen LogP contribution in [0.2, 0.25) is 0 Å². The van der Waals surface area contributed by atoms with E-state index in [0.29, 0.717) is 12.5 Å². The Morgan fingerprint density at radius 1 is 1.32 bits per heavy atom. The Balaban J connectivity index is 0.00000180. The van der Waals surface area contributed by atoms with Crippen molar-refractivity contribution in [2.75, 3.05) is 13.1 Å². The molecule has 1 aliphatic heterocycles. The number of carbonyl (C=O) groups excluding carboxylic acids is 3. The van der Waals surface area contributed by atoms with Crippen LogP contribution < -0.4 is 11.1 Å². The number of amides is 3. The molecule has 1 saturated heterocycles. The fourth-order valence-corrected chi connectivity index (χ4v) is 2.10. The van der Waals surface area contributed by atoms with Crippen LogP contribution in [0.5, 0.6) is 0 Å². The van der Waals surface area contributed by atoms with Gasteiger partial charge in [-0.15, -0.1) is 12.4 Å². The lowest BCUT2D eigenvalue weighted by Crippen LogP contribution is -2.40. The molecule has 0 aromatic rings. The minimum Gasteiger partial charge on any atom is -0.354 e. The number of imide groups is 1. The lowest BCUT2D eigenvalue weighted by atomic mass is 10.2. The zero-order valence-corrected chi connectivity index (χ0v) is 11.6. The van der Waals surface area contributed by atoms with Crippen molar-refractivity contribution in [1.29, 1.82) is 0 Å². The van der Waals surface area contributed by atoms with Crippen LogP contribution in [0, 0.1) is 5.92 Å². The molecule has 0 bridgehead atoms. The molecule has 3 amide bonds. The predicted octanol–water partition coefficient (Wildman–Crippen LogP) is -0.199. The molecule has 0 aromatic carbocycles. The smallest absolute Gasteiger partial charge is 0.229 e. The standard InChI is InChI=1S/C12H19N3O3.ClH/c13-9(8-1-2-8)7-14-10(16)5-6-15-11(17)3-4-12(15)18;/h8-9H,1-7,13H2,(H,14,16);1H. The Morgan fingerprint density at radius 3 is 2.42 bits per heavy atom. The van der Waals surface area contributed by atoms with Gasteiger partial charge < -0.3 is 11.1 Å². The third kappa shape index (κ3) is 4.47. The summed E-state index contributed by atoms with van der Waals surface area (Å²) in [4.78, 5) is 35.3. The molecule has 3 N–H and O–H groups in total. The Kier molecular flexibility index (Phi) is 5.75. The second kappa shape index (κ2) is 6.86. The highest BCUT2D eigenvalue weighted by atomic mass is 35.5. The van der Waals surface area contributed by atoms with Crippen LogP contribution in [0.15, 0.2) is 0 Å². The van der Waals surface area contributed by atoms with E-state index >= 15 is 0 Å². The molecule has 19 heavy (non-hydrogen) atoms. The SMILES string of the molecule is Cl.NC(CNC(=O)CCN1C(=O)CCC1=O)C1CC1. The summed E-state index contributed by atoms with van der Waals surface area (Å²) in [5.41, 5.74) is 5.86. The van der Waals surface area contributed by atoms with Gasteiger partial charge in [0, 0.05) is 38.4 Å². The molecule has 7 heteroatoms. The first-order valence-corrected chi connectivity index (χ1v) is 6.43. The van der Waals surface area contributed by atoms with Crippen molar-refractivity contribution < 1.29 is 14.4 Å². The number of likely N-dealkylation sites (tertiary alicyclic amines) is 1. The molecular weight excluding hydrogens is 270 g/mol. The molecular formula is C12H20ClN3O3. The highest BCUT2D eigenvalue weighted by Gasteiger charge is 2.30. The van der Waals surface area contributed by atoms with Gasteiger partial charge in [-0.25, -0.2) is 0 Å². The van der Waals surface area contributed by atoms with Crippen LogP contribution in [-0.4, -0.2) is 41.8 Å². The zero-order chi connectivity index (χ0) is 13.1. The summed E-state index contributed by atoms with van der Waals surface area (Å²) in [5, 5.41) is 2.74. The van der Waals surface area contributed by atoms with Crippen LogP contribution in [0.25, 0.3) is 0 Å². The molecule has 1 atom stereocenters. The molecule has 0 spiro atoms. The van der Waals surface area contributed by atoms with Crippen LogP contribution in [-0.2, 0) is 14.4 Å². The molecule has 1 unspecified atom stereocenters. The van der Waals surface area contributed by atoms with E-state index in [9.17, 15) is 14.4 Å². The summed E-state index contributed by atoms with van der Waals surface area (Å²) in [6.45, 7) is 0.660. The molecule has 0 radical (unpaired) electrons. The number of nitrogens with two attached hydrogens (primary N) is 1. The summed E-state index contributed by atoms with van der Waals surface area (Å²) in [6, 6.07) is 0.0315. The highest BCUT2D eigenvalue weighted by Crippen LogP contribution is 2.31. The summed E-state index contributed by atoms with van der Waals surface area (Å²) in [7, 11) is 0. The van der Waals surface area contributed by atoms with Crippen molar-refractivity contribution in [1.82, 2.24) is 10.2 Å². The van der Waals surface area contributed by atoms with Gasteiger partial charge in [0.05, 0.1) is 0 Å². The van der Waals surface area contributed by atoms with Gasteiger partial charge >= 0.3 is 0 Å². The highest BCUT2D eigenvalue weighted by molar-refractivity contribution is 6.02. The van der Waals surface area contributed by atoms with Gasteiger partial charge in [0.15, 0.2) is 0 Å². The van der Waals surface area contributed by atoms with Crippen molar-refractivity contribution in [2.24, 2.45) is 11.7 Å². The van der Waals surface area contributed by atoms with Gasteiger partial charge in [0.2, 0.25) is 17.7 Å². The van der Waals surface area contributed by atoms with Crippen molar-refractivity contribution in [3.05, 3.63) is 0 Å². The number of nitrogens with zero attached hydrogens (tertiary/aromatic N) is 1. The minimum atomic E-state index is -0.178. The van der Waals surface area contributed by atoms with Crippen molar-refractivity contribution in [3.8, 4) is 0 Å². The van der Waals surface area contributed by atoms with E-state index in [0.717, 1.165) is 12.8 Å². The summed E-state index contributed by atoms with van der Waals surface area (Å²) >= 11 is 0. The lowest BCUT2D eigenvalue weighted by molar-refractivity contribution is -0.138. The van der Waals surface area contributed by atoms with Gasteiger partial charge in [-0.05, 0) is 18.8 Å². The monoisotopic (exact) mass is 289 g/mol. The normalized spacial score (nSPS) is 20.2. The van der Waals surface area contributed by atoms with Crippen LogP contribution in [0.1, 0.15) is 32.1 Å². The van der Waals surface area contributed by atoms with E-state index in [-0.39, 0.29) is 62.0 Å². The zero-order valence-electron chi connectivity index (χ0n) is 10.8. The summed E-state index contributed by atoms with van der Waals surface area (Å²) < 4.78 is 0. The largest absolute Gasteiger partial charge is 0.354 e. The average molecular weight is 290 g/mol. The van der Waals surface area contributed by atoms with E-state index in [1.165, 1.54) is 4.90 Å². The maximum absolute atomic E-state index is 11.5. The third-order valence-electron chi connectivity index (χ3n) is 3.48. The van der Waals surface area contributed by atoms with Crippen LogP contribution in [0.3, 0.4) is 0 Å². The Morgan fingerprint density at radius 2 is 1.89 bits per heavy atom. The van der Waals surface area contributed by atoms with Gasteiger partial charge in [-0.3, -0.25) is 19.3 Å². The molecule has 0 aromatic heterocycles. The van der Waals surface area contributed by atoms with Crippen LogP contribution in [0.4, 0.5) is 0 Å². The molecule has 2 aliphatic rings. The third-order valence-corrected chi connectivity index (χ3v) is 3.48. The number of carbonyl (C=O) groups is 3. The maximum Gasteiger partial charge on any atom is 0.229 e. The quantitative estimate of drug-likeness (QED) is 0.662. The number of halogens is 1. The van der Waals surface area contributed by atoms with Gasteiger partial charge in [0.25, 0.3) is 0 Å². The fourth-order valence-electron chi connectivity index (χ4n) is 2.10. The van der Waals surface area contributed by atoms with Crippen molar-refractivity contribution in [3.63, 3.8) is 0 Å². The lowest BCUT2D eigenvalue weighted by Gasteiger charge is -2.15. The first kappa shape index (κ1) is 15.9. The number of rotatable bonds is 6. The average Bonchev–Trinajstić information content (AvgIpc) is 3.13. The molecule has 6 nitrogen and oxygen atoms in total. The molecule has 1 saturated carbocycles. The maximum atomic E-state index is 11.5. The minimum absolute atomic E-state index is 0. The van der Waals surface area contributed by atoms with Gasteiger partial charge in [0.1, 0.15) is 0 Å². The Bertz CT molecular complexity index is 355. The van der Waals surface area contributed by atoms with Gasteiger partial charge in [-0.2, -0.15) is 0 Å². The molecule has 2 rings (SSSR count). The van der Waals surface area contributed by atoms with E-state index in [2.05, 4.69) is 5.32 Å². The molecule has 1 heterocycles. The number of hydrogen-bond donors (Lipinski definition) is 2.